The van der Waals surface area contributed by atoms with Gasteiger partial charge in [0.2, 0.25) is 0 Å². The van der Waals surface area contributed by atoms with Crippen molar-refractivity contribution in [2.75, 3.05) is 32.8 Å². The molecule has 0 fully saturated rings. The van der Waals surface area contributed by atoms with Gasteiger partial charge in [0.05, 0.1) is 13.2 Å². The summed E-state index contributed by atoms with van der Waals surface area (Å²) in [7, 11) is -3.87. The Hall–Kier alpha value is 0.0700. The summed E-state index contributed by atoms with van der Waals surface area (Å²) in [6.45, 7) is 11.2. The number of nitrogens with zero attached hydrogens (tertiary/aromatic N) is 1. The van der Waals surface area contributed by atoms with Crippen molar-refractivity contribution >= 4 is 7.82 Å². The maximum absolute atomic E-state index is 12.0. The quantitative estimate of drug-likeness (QED) is 0.0623. The van der Waals surface area contributed by atoms with Gasteiger partial charge in [0.25, 0.3) is 0 Å². The molecule has 39 heavy (non-hydrogen) atoms. The van der Waals surface area contributed by atoms with Gasteiger partial charge in [-0.05, 0) is 51.7 Å². The minimum Gasteiger partial charge on any atom is -0.303 e. The normalized spacial score (nSPS) is 13.4. The Morgan fingerprint density at radius 3 is 1.00 bits per heavy atom. The van der Waals surface area contributed by atoms with Gasteiger partial charge >= 0.3 is 7.82 Å². The van der Waals surface area contributed by atoms with Gasteiger partial charge in [0.15, 0.2) is 0 Å². The summed E-state index contributed by atoms with van der Waals surface area (Å²) in [5.74, 6) is 0. The number of unbranched alkanes of at least 4 members (excludes halogenated alkanes) is 21. The molecule has 0 aliphatic rings. The second-order valence-electron chi connectivity index (χ2n) is 11.8. The van der Waals surface area contributed by atoms with Crippen molar-refractivity contribution in [3.05, 3.63) is 0 Å². The van der Waals surface area contributed by atoms with Crippen molar-refractivity contribution in [1.29, 1.82) is 0 Å². The maximum atomic E-state index is 12.0. The lowest BCUT2D eigenvalue weighted by Gasteiger charge is -2.22. The van der Waals surface area contributed by atoms with Crippen LogP contribution in [0.25, 0.3) is 0 Å². The van der Waals surface area contributed by atoms with Gasteiger partial charge in [-0.15, -0.1) is 0 Å². The van der Waals surface area contributed by atoms with E-state index in [-0.39, 0.29) is 0 Å². The van der Waals surface area contributed by atoms with E-state index in [2.05, 4.69) is 25.7 Å². The third-order valence-corrected chi connectivity index (χ3v) is 8.80. The summed E-state index contributed by atoms with van der Waals surface area (Å²) >= 11 is 0. The van der Waals surface area contributed by atoms with Gasteiger partial charge in [-0.2, -0.15) is 0 Å². The lowest BCUT2D eigenvalue weighted by Crippen LogP contribution is -2.27. The van der Waals surface area contributed by atoms with Crippen LogP contribution in [0.1, 0.15) is 181 Å². The molecular weight excluding hydrogens is 505 g/mol. The number of rotatable bonds is 33. The molecule has 1 atom stereocenters. The van der Waals surface area contributed by atoms with Crippen LogP contribution in [-0.4, -0.2) is 42.6 Å². The smallest absolute Gasteiger partial charge is 0.303 e. The first-order valence-electron chi connectivity index (χ1n) is 17.4. The predicted octanol–water partition coefficient (Wildman–Crippen LogP) is 11.2. The van der Waals surface area contributed by atoms with Crippen LogP contribution in [-0.2, 0) is 13.6 Å². The summed E-state index contributed by atoms with van der Waals surface area (Å²) < 4.78 is 22.2. The molecule has 0 bridgehead atoms. The standard InChI is InChI=1S/C33H70NO4P/c1-4-7-10-13-15-19-24-29-34(30-25-20-16-14-11-8-5-2)31-26-21-17-18-23-28-33-38-39(35,36)37-32-27-22-12-9-6-3/h4-33H2,1-3H3,(H,35,36). The highest BCUT2D eigenvalue weighted by Crippen LogP contribution is 2.43. The first kappa shape index (κ1) is 39.1. The van der Waals surface area contributed by atoms with E-state index in [1.54, 1.807) is 0 Å². The van der Waals surface area contributed by atoms with Crippen molar-refractivity contribution in [2.24, 2.45) is 0 Å². The van der Waals surface area contributed by atoms with E-state index in [0.717, 1.165) is 32.1 Å². The van der Waals surface area contributed by atoms with E-state index in [0.29, 0.717) is 13.2 Å². The molecule has 1 unspecified atom stereocenters. The zero-order valence-corrected chi connectivity index (χ0v) is 27.7. The monoisotopic (exact) mass is 576 g/mol. The molecule has 6 heteroatoms. The van der Waals surface area contributed by atoms with E-state index < -0.39 is 7.82 Å². The molecule has 0 spiro atoms. The van der Waals surface area contributed by atoms with Gasteiger partial charge < -0.3 is 9.79 Å². The molecule has 0 aromatic rings. The number of hydrogen-bond donors (Lipinski definition) is 1. The molecule has 0 radical (unpaired) electrons. The number of phosphoric ester groups is 1. The first-order chi connectivity index (χ1) is 19.1. The topological polar surface area (TPSA) is 59.0 Å². The molecule has 0 aromatic carbocycles. The Bertz CT molecular complexity index is 502. The van der Waals surface area contributed by atoms with E-state index in [9.17, 15) is 9.46 Å². The molecular formula is C33H70NO4P. The highest BCUT2D eigenvalue weighted by atomic mass is 31.2. The Balaban J connectivity index is 3.88. The molecule has 0 saturated carbocycles. The molecule has 236 valence electrons. The van der Waals surface area contributed by atoms with Crippen molar-refractivity contribution in [2.45, 2.75) is 181 Å². The molecule has 5 nitrogen and oxygen atoms in total. The van der Waals surface area contributed by atoms with Crippen LogP contribution in [0.4, 0.5) is 0 Å². The summed E-state index contributed by atoms with van der Waals surface area (Å²) in [6, 6.07) is 0. The second-order valence-corrected chi connectivity index (χ2v) is 13.2. The molecule has 0 amide bonds. The predicted molar refractivity (Wildman–Crippen MR) is 171 cm³/mol. The Labute approximate surface area is 245 Å². The fourth-order valence-corrected chi connectivity index (χ4v) is 5.96. The van der Waals surface area contributed by atoms with Crippen LogP contribution in [0.3, 0.4) is 0 Å². The molecule has 0 aliphatic heterocycles. The second kappa shape index (κ2) is 31.0. The van der Waals surface area contributed by atoms with E-state index in [1.165, 1.54) is 148 Å². The molecule has 0 saturated heterocycles. The average molecular weight is 576 g/mol. The average Bonchev–Trinajstić information content (AvgIpc) is 2.92. The summed E-state index contributed by atoms with van der Waals surface area (Å²) in [5.41, 5.74) is 0. The highest BCUT2D eigenvalue weighted by molar-refractivity contribution is 7.47. The van der Waals surface area contributed by atoms with Crippen LogP contribution >= 0.6 is 7.82 Å². The lowest BCUT2D eigenvalue weighted by atomic mass is 10.1. The van der Waals surface area contributed by atoms with Crippen LogP contribution in [0.5, 0.6) is 0 Å². The maximum Gasteiger partial charge on any atom is 0.472 e. The Morgan fingerprint density at radius 2 is 0.692 bits per heavy atom. The third kappa shape index (κ3) is 30.8. The zero-order valence-electron chi connectivity index (χ0n) is 26.8. The molecule has 0 rings (SSSR count). The number of phosphoric acid groups is 1. The minimum atomic E-state index is -3.87. The zero-order chi connectivity index (χ0) is 28.7. The Morgan fingerprint density at radius 1 is 0.436 bits per heavy atom. The van der Waals surface area contributed by atoms with Crippen LogP contribution in [0.2, 0.25) is 0 Å². The molecule has 1 N–H and O–H groups in total. The van der Waals surface area contributed by atoms with E-state index in [4.69, 9.17) is 9.05 Å². The van der Waals surface area contributed by atoms with Gasteiger partial charge in [0.1, 0.15) is 0 Å². The fourth-order valence-electron chi connectivity index (χ4n) is 5.17. The van der Waals surface area contributed by atoms with Gasteiger partial charge in [-0.25, -0.2) is 4.57 Å². The first-order valence-corrected chi connectivity index (χ1v) is 18.9. The summed E-state index contributed by atoms with van der Waals surface area (Å²) in [6.07, 6.45) is 31.7. The van der Waals surface area contributed by atoms with Crippen molar-refractivity contribution < 1.29 is 18.5 Å². The van der Waals surface area contributed by atoms with Crippen molar-refractivity contribution in [3.63, 3.8) is 0 Å². The third-order valence-electron chi connectivity index (χ3n) is 7.78. The van der Waals surface area contributed by atoms with Gasteiger partial charge in [-0.1, -0.05) is 149 Å². The SMILES string of the molecule is CCCCCCCCCN(CCCCCCCCC)CCCCCCCCOP(=O)(O)OCCCCCCC. The number of hydrogen-bond acceptors (Lipinski definition) is 4. The fraction of sp³-hybridized carbons (Fsp3) is 1.00. The van der Waals surface area contributed by atoms with Crippen LogP contribution in [0, 0.1) is 0 Å². The molecule has 0 aromatic heterocycles. The lowest BCUT2D eigenvalue weighted by molar-refractivity contribution is 0.145. The van der Waals surface area contributed by atoms with Crippen molar-refractivity contribution in [3.8, 4) is 0 Å². The summed E-state index contributed by atoms with van der Waals surface area (Å²) in [4.78, 5) is 12.5. The van der Waals surface area contributed by atoms with Crippen LogP contribution < -0.4 is 0 Å². The van der Waals surface area contributed by atoms with E-state index in [1.807, 2.05) is 0 Å². The largest absolute Gasteiger partial charge is 0.472 e. The van der Waals surface area contributed by atoms with Crippen LogP contribution in [0.15, 0.2) is 0 Å². The molecule has 0 heterocycles. The minimum absolute atomic E-state index is 0.312. The Kier molecular flexibility index (Phi) is 31.1. The van der Waals surface area contributed by atoms with Gasteiger partial charge in [0, 0.05) is 0 Å². The van der Waals surface area contributed by atoms with Crippen molar-refractivity contribution in [1.82, 2.24) is 4.90 Å². The summed E-state index contributed by atoms with van der Waals surface area (Å²) in [5, 5.41) is 0. The molecule has 0 aliphatic carbocycles. The van der Waals surface area contributed by atoms with Gasteiger partial charge in [-0.3, -0.25) is 9.05 Å². The highest BCUT2D eigenvalue weighted by Gasteiger charge is 2.19. The van der Waals surface area contributed by atoms with E-state index >= 15 is 0 Å².